The maximum Gasteiger partial charge on any atom is 0.337 e. The van der Waals surface area contributed by atoms with Crippen LogP contribution in [-0.4, -0.2) is 34.2 Å². The van der Waals surface area contributed by atoms with Crippen molar-refractivity contribution < 1.29 is 31.5 Å². The van der Waals surface area contributed by atoms with Gasteiger partial charge >= 0.3 is 5.97 Å². The van der Waals surface area contributed by atoms with Crippen LogP contribution in [0.1, 0.15) is 10.4 Å². The molecule has 0 unspecified atom stereocenters. The molecule has 0 aliphatic carbocycles. The lowest BCUT2D eigenvalue weighted by Crippen LogP contribution is -2.07. The Labute approximate surface area is 142 Å². The average molecular weight is 391 g/mol. The number of carboxylic acids is 1. The number of aromatic carboxylic acids is 1. The Balaban J connectivity index is 2.39. The van der Waals surface area contributed by atoms with E-state index in [1.165, 1.54) is 30.3 Å². The fraction of sp³-hybridized carbons (Fsp3) is 0.0714. The zero-order valence-electron chi connectivity index (χ0n) is 12.1. The molecule has 10 heteroatoms. The van der Waals surface area contributed by atoms with Crippen LogP contribution in [0.2, 0.25) is 0 Å². The van der Waals surface area contributed by atoms with Crippen molar-refractivity contribution in [3.63, 3.8) is 0 Å². The Kier molecular flexibility index (Phi) is 4.88. The standard InChI is InChI=1S/C14H11ClO7S2/c1-23(18,19)13-8-10(4-7-12(13)14(16)17)22-9-2-5-11(6-3-9)24(15,20)21/h2-8H,1H3,(H,16,17). The van der Waals surface area contributed by atoms with Gasteiger partial charge in [0.15, 0.2) is 9.84 Å². The molecule has 0 bridgehead atoms. The molecule has 2 aromatic rings. The second-order valence-electron chi connectivity index (χ2n) is 4.75. The van der Waals surface area contributed by atoms with Gasteiger partial charge in [0.05, 0.1) is 15.4 Å². The van der Waals surface area contributed by atoms with Crippen LogP contribution in [0.4, 0.5) is 0 Å². The van der Waals surface area contributed by atoms with Gasteiger partial charge in [-0.05, 0) is 36.4 Å². The molecule has 0 saturated heterocycles. The molecule has 0 heterocycles. The van der Waals surface area contributed by atoms with E-state index in [9.17, 15) is 21.6 Å². The largest absolute Gasteiger partial charge is 0.478 e. The number of benzene rings is 2. The molecule has 0 fully saturated rings. The first-order valence-electron chi connectivity index (χ1n) is 6.28. The molecule has 0 radical (unpaired) electrons. The van der Waals surface area contributed by atoms with Crippen molar-refractivity contribution in [3.8, 4) is 11.5 Å². The minimum Gasteiger partial charge on any atom is -0.478 e. The molecule has 0 spiro atoms. The molecule has 1 N–H and O–H groups in total. The topological polar surface area (TPSA) is 115 Å². The second-order valence-corrected chi connectivity index (χ2v) is 9.30. The van der Waals surface area contributed by atoms with Crippen LogP contribution in [0.3, 0.4) is 0 Å². The summed E-state index contributed by atoms with van der Waals surface area (Å²) in [5.74, 6) is -1.07. The van der Waals surface area contributed by atoms with Gasteiger partial charge in [0, 0.05) is 23.0 Å². The highest BCUT2D eigenvalue weighted by molar-refractivity contribution is 8.13. The number of hydrogen-bond donors (Lipinski definition) is 1. The minimum absolute atomic E-state index is 0.0851. The molecule has 0 amide bonds. The monoisotopic (exact) mass is 390 g/mol. The summed E-state index contributed by atoms with van der Waals surface area (Å²) in [5, 5.41) is 9.04. The summed E-state index contributed by atoms with van der Waals surface area (Å²) in [5.41, 5.74) is -0.367. The number of rotatable bonds is 5. The summed E-state index contributed by atoms with van der Waals surface area (Å²) in [6.45, 7) is 0. The number of ether oxygens (including phenoxy) is 1. The summed E-state index contributed by atoms with van der Waals surface area (Å²) in [4.78, 5) is 10.6. The molecule has 0 aromatic heterocycles. The van der Waals surface area contributed by atoms with Gasteiger partial charge in [-0.15, -0.1) is 0 Å². The van der Waals surface area contributed by atoms with E-state index in [0.29, 0.717) is 0 Å². The van der Waals surface area contributed by atoms with E-state index < -0.39 is 24.9 Å². The first kappa shape index (κ1) is 18.2. The van der Waals surface area contributed by atoms with Crippen LogP contribution in [0.25, 0.3) is 0 Å². The lowest BCUT2D eigenvalue weighted by Gasteiger charge is -2.09. The van der Waals surface area contributed by atoms with Crippen LogP contribution < -0.4 is 4.74 Å². The second kappa shape index (κ2) is 6.42. The van der Waals surface area contributed by atoms with Gasteiger partial charge in [-0.3, -0.25) is 0 Å². The molecule has 2 aromatic carbocycles. The van der Waals surface area contributed by atoms with E-state index in [1.807, 2.05) is 0 Å². The molecule has 128 valence electrons. The van der Waals surface area contributed by atoms with Crippen molar-refractivity contribution in [2.24, 2.45) is 0 Å². The lowest BCUT2D eigenvalue weighted by molar-refractivity contribution is 0.0692. The first-order chi connectivity index (χ1) is 11.0. The number of carbonyl (C=O) groups is 1. The molecule has 7 nitrogen and oxygen atoms in total. The number of carboxylic acid groups (broad SMARTS) is 1. The zero-order chi connectivity index (χ0) is 18.1. The van der Waals surface area contributed by atoms with Crippen molar-refractivity contribution in [2.75, 3.05) is 6.26 Å². The van der Waals surface area contributed by atoms with Crippen molar-refractivity contribution in [1.82, 2.24) is 0 Å². The van der Waals surface area contributed by atoms with Gasteiger partial charge in [-0.1, -0.05) is 0 Å². The van der Waals surface area contributed by atoms with E-state index in [0.717, 1.165) is 18.4 Å². The zero-order valence-corrected chi connectivity index (χ0v) is 14.5. The first-order valence-corrected chi connectivity index (χ1v) is 10.5. The Morgan fingerprint density at radius 1 is 1.00 bits per heavy atom. The highest BCUT2D eigenvalue weighted by Crippen LogP contribution is 2.28. The maximum absolute atomic E-state index is 11.7. The maximum atomic E-state index is 11.7. The number of sulfone groups is 1. The van der Waals surface area contributed by atoms with Gasteiger partial charge in [0.1, 0.15) is 11.5 Å². The van der Waals surface area contributed by atoms with Crippen LogP contribution in [0, 0.1) is 0 Å². The highest BCUT2D eigenvalue weighted by atomic mass is 35.7. The summed E-state index contributed by atoms with van der Waals surface area (Å²) in [6, 6.07) is 8.61. The number of halogens is 1. The van der Waals surface area contributed by atoms with E-state index in [-0.39, 0.29) is 26.9 Å². The predicted molar refractivity (Wildman–Crippen MR) is 86.1 cm³/mol. The Morgan fingerprint density at radius 2 is 1.54 bits per heavy atom. The van der Waals surface area contributed by atoms with Crippen molar-refractivity contribution in [2.45, 2.75) is 9.79 Å². The third kappa shape index (κ3) is 4.25. The van der Waals surface area contributed by atoms with E-state index in [4.69, 9.17) is 20.5 Å². The SMILES string of the molecule is CS(=O)(=O)c1cc(Oc2ccc(S(=O)(=O)Cl)cc2)ccc1C(=O)O. The van der Waals surface area contributed by atoms with Gasteiger partial charge in [0.2, 0.25) is 0 Å². The fourth-order valence-electron chi connectivity index (χ4n) is 1.86. The quantitative estimate of drug-likeness (QED) is 0.780. The van der Waals surface area contributed by atoms with Crippen LogP contribution in [0.5, 0.6) is 11.5 Å². The van der Waals surface area contributed by atoms with Crippen molar-refractivity contribution >= 4 is 35.5 Å². The Hall–Kier alpha value is -2.10. The molecular weight excluding hydrogens is 380 g/mol. The van der Waals surface area contributed by atoms with Crippen molar-refractivity contribution in [3.05, 3.63) is 48.0 Å². The highest BCUT2D eigenvalue weighted by Gasteiger charge is 2.19. The molecule has 0 aliphatic rings. The summed E-state index contributed by atoms with van der Waals surface area (Å²) in [6.07, 6.45) is 0.888. The van der Waals surface area contributed by atoms with Gasteiger partial charge in [-0.25, -0.2) is 21.6 Å². The minimum atomic E-state index is -3.86. The fourth-order valence-corrected chi connectivity index (χ4v) is 3.51. The molecule has 2 rings (SSSR count). The summed E-state index contributed by atoms with van der Waals surface area (Å²) in [7, 11) is -2.44. The van der Waals surface area contributed by atoms with Crippen LogP contribution in [0.15, 0.2) is 52.3 Å². The third-order valence-electron chi connectivity index (χ3n) is 2.92. The third-order valence-corrected chi connectivity index (χ3v) is 5.43. The molecule has 24 heavy (non-hydrogen) atoms. The molecule has 0 atom stereocenters. The normalized spacial score (nSPS) is 11.9. The molecule has 0 saturated carbocycles. The van der Waals surface area contributed by atoms with Crippen molar-refractivity contribution in [1.29, 1.82) is 0 Å². The lowest BCUT2D eigenvalue weighted by atomic mass is 10.2. The smallest absolute Gasteiger partial charge is 0.337 e. The van der Waals surface area contributed by atoms with Gasteiger partial charge in [0.25, 0.3) is 9.05 Å². The Morgan fingerprint density at radius 3 is 2.00 bits per heavy atom. The van der Waals surface area contributed by atoms with E-state index in [1.54, 1.807) is 0 Å². The predicted octanol–water partition coefficient (Wildman–Crippen LogP) is 2.51. The number of hydrogen-bond acceptors (Lipinski definition) is 6. The Bertz CT molecular complexity index is 994. The summed E-state index contributed by atoms with van der Waals surface area (Å²) >= 11 is 0. The molecule has 0 aliphatic heterocycles. The average Bonchev–Trinajstić information content (AvgIpc) is 2.45. The van der Waals surface area contributed by atoms with E-state index in [2.05, 4.69) is 0 Å². The van der Waals surface area contributed by atoms with E-state index >= 15 is 0 Å². The van der Waals surface area contributed by atoms with Crippen LogP contribution >= 0.6 is 10.7 Å². The summed E-state index contributed by atoms with van der Waals surface area (Å²) < 4.78 is 51.2. The molecular formula is C14H11ClO7S2. The van der Waals surface area contributed by atoms with Gasteiger partial charge < -0.3 is 9.84 Å². The van der Waals surface area contributed by atoms with Crippen LogP contribution in [-0.2, 0) is 18.9 Å². The van der Waals surface area contributed by atoms with Gasteiger partial charge in [-0.2, -0.15) is 0 Å².